The summed E-state index contributed by atoms with van der Waals surface area (Å²) < 4.78 is 97.9. The highest BCUT2D eigenvalue weighted by Crippen LogP contribution is 2.55. The topological polar surface area (TPSA) is 223 Å². The predicted molar refractivity (Wildman–Crippen MR) is 365 cm³/mol. The number of fused-ring (bicyclic) bond motifs is 3. The molecule has 1 saturated heterocycles. The highest BCUT2D eigenvalue weighted by atomic mass is 16.7. The first-order valence-electron chi connectivity index (χ1n) is 35.0. The molecule has 2 aliphatic carbocycles. The van der Waals surface area contributed by atoms with E-state index in [1.54, 1.807) is 14.2 Å². The molecule has 3 aromatic carbocycles. The molecule has 0 spiro atoms. The van der Waals surface area contributed by atoms with Crippen molar-refractivity contribution in [3.63, 3.8) is 0 Å². The van der Waals surface area contributed by atoms with Crippen LogP contribution < -0.4 is 15.5 Å². The van der Waals surface area contributed by atoms with Gasteiger partial charge in [0, 0.05) is 64.0 Å². The molecule has 1 N–H and O–H groups in total. The van der Waals surface area contributed by atoms with Gasteiger partial charge in [-0.25, -0.2) is 0 Å². The zero-order valence-corrected chi connectivity index (χ0v) is 58.3. The molecule has 0 radical (unpaired) electrons. The quantitative estimate of drug-likeness (QED) is 0.0321. The Hall–Kier alpha value is -4.77. The van der Waals surface area contributed by atoms with Crippen molar-refractivity contribution in [1.82, 2.24) is 10.2 Å². The fourth-order valence-corrected chi connectivity index (χ4v) is 12.1. The lowest BCUT2D eigenvalue weighted by Gasteiger charge is -2.33. The maximum absolute atomic E-state index is 13.0. The molecule has 1 atom stereocenters. The lowest BCUT2D eigenvalue weighted by Crippen LogP contribution is -2.41. The summed E-state index contributed by atoms with van der Waals surface area (Å²) in [6, 6.07) is 22.0. The Bertz CT molecular complexity index is 2680. The van der Waals surface area contributed by atoms with E-state index in [1.807, 2.05) is 12.1 Å². The van der Waals surface area contributed by atoms with Crippen molar-refractivity contribution >= 4 is 30.3 Å². The van der Waals surface area contributed by atoms with Crippen molar-refractivity contribution in [1.29, 1.82) is 0 Å². The van der Waals surface area contributed by atoms with Crippen LogP contribution in [0.25, 0.3) is 22.3 Å². The van der Waals surface area contributed by atoms with E-state index in [0.717, 1.165) is 86.5 Å². The van der Waals surface area contributed by atoms with Crippen molar-refractivity contribution in [3.8, 4) is 28.0 Å². The third kappa shape index (κ3) is 26.4. The second kappa shape index (κ2) is 44.4. The third-order valence-electron chi connectivity index (χ3n) is 18.2. The Morgan fingerprint density at radius 2 is 0.865 bits per heavy atom. The van der Waals surface area contributed by atoms with Gasteiger partial charge in [-0.1, -0.05) is 42.5 Å². The van der Waals surface area contributed by atoms with Crippen LogP contribution in [0.15, 0.2) is 72.8 Å². The summed E-state index contributed by atoms with van der Waals surface area (Å²) in [5, 5.41) is 3.13. The second-order valence-corrected chi connectivity index (χ2v) is 25.5. The van der Waals surface area contributed by atoms with Crippen molar-refractivity contribution < 1.29 is 94.7 Å². The molecular formula is C73H111BN2O20. The number of carbonyl (C=O) groups is 3. The van der Waals surface area contributed by atoms with Gasteiger partial charge in [-0.3, -0.25) is 19.3 Å². The first kappa shape index (κ1) is 78.6. The number of benzene rings is 3. The molecule has 7 rings (SSSR count). The molecular weight excluding hydrogens is 1240 g/mol. The molecule has 2 heterocycles. The number of imide groups is 1. The number of hydrogen-bond acceptors (Lipinski definition) is 20. The van der Waals surface area contributed by atoms with E-state index in [4.69, 9.17) is 80.4 Å². The highest BCUT2D eigenvalue weighted by Gasteiger charge is 2.52. The number of hydrogen-bond donors (Lipinski definition) is 1. The average molecular weight is 1350 g/mol. The molecule has 0 aromatic heterocycles. The molecule has 2 fully saturated rings. The number of nitrogens with one attached hydrogen (secondary N) is 1. The highest BCUT2D eigenvalue weighted by molar-refractivity contribution is 6.62. The Morgan fingerprint density at radius 3 is 1.30 bits per heavy atom. The number of ether oxygens (including phenoxy) is 15. The minimum Gasteiger partial charge on any atom is -0.494 e. The Labute approximate surface area is 571 Å². The van der Waals surface area contributed by atoms with Crippen molar-refractivity contribution in [3.05, 3.63) is 83.9 Å². The van der Waals surface area contributed by atoms with E-state index < -0.39 is 18.3 Å². The number of amides is 3. The van der Waals surface area contributed by atoms with E-state index in [1.165, 1.54) is 39.3 Å². The summed E-state index contributed by atoms with van der Waals surface area (Å²) in [7, 11) is 2.83. The van der Waals surface area contributed by atoms with E-state index >= 15 is 0 Å². The van der Waals surface area contributed by atoms with Crippen molar-refractivity contribution in [2.45, 2.75) is 109 Å². The van der Waals surface area contributed by atoms with Crippen LogP contribution in [-0.2, 0) is 95.4 Å². The van der Waals surface area contributed by atoms with Crippen LogP contribution in [0.1, 0.15) is 103 Å². The summed E-state index contributed by atoms with van der Waals surface area (Å²) >= 11 is 0. The Balaban J connectivity index is 0.785. The molecule has 3 aromatic rings. The van der Waals surface area contributed by atoms with E-state index in [9.17, 15) is 14.4 Å². The zero-order valence-electron chi connectivity index (χ0n) is 58.3. The molecule has 2 aliphatic heterocycles. The number of methoxy groups -OCH3 is 2. The summed E-state index contributed by atoms with van der Waals surface area (Å²) in [6.07, 6.45) is 10.8. The molecule has 536 valence electrons. The van der Waals surface area contributed by atoms with Crippen molar-refractivity contribution in [2.75, 3.05) is 206 Å². The van der Waals surface area contributed by atoms with Crippen LogP contribution in [0, 0.1) is 11.8 Å². The van der Waals surface area contributed by atoms with Gasteiger partial charge in [0.1, 0.15) is 5.75 Å². The van der Waals surface area contributed by atoms with E-state index in [2.05, 4.69) is 81.5 Å². The van der Waals surface area contributed by atoms with Crippen molar-refractivity contribution in [2.24, 2.45) is 11.8 Å². The van der Waals surface area contributed by atoms with Crippen LogP contribution in [0.4, 0.5) is 0 Å². The number of rotatable bonds is 55. The SMILES string of the molecule is COCCOCCCC1(CCCOCCOCCOCCOCCOCCOCCOCCOCCOCCOCCOCCOC)c2cc(B3OC(C)(C)C(C)(C)O3)ccc2-c2ccc(-c3ccc(OCCCCNC(=O)C4CCC(CN5C(=O)C=CC5=O)CC4)cc3)cc21. The standard InChI is InChI=1S/C73H111BN2O20/c1-71(2)72(3,4)96-74(95-71)62-18-22-65-64-21-17-61(59-15-19-63(20-16-59)94-30-8-7-27-75-70(79)60-13-11-58(12-14-60)57-76-68(77)23-24-69(76)78)55-66(64)73(67(65)56-62,25-9-28-82-33-31-80-5)26-10-29-83-35-36-85-39-40-87-43-44-89-47-48-91-51-52-93-54-53-92-50-49-90-46-45-88-42-41-86-38-37-84-34-32-81-6/h15-24,55-56,58,60H,7-14,25-54,57H2,1-6H3,(H,75,79). The molecule has 1 unspecified atom stereocenters. The Morgan fingerprint density at radius 1 is 0.469 bits per heavy atom. The normalized spacial score (nSPS) is 18.6. The van der Waals surface area contributed by atoms with Crippen LogP contribution >= 0.6 is 0 Å². The predicted octanol–water partition coefficient (Wildman–Crippen LogP) is 7.98. The maximum atomic E-state index is 13.0. The van der Waals surface area contributed by atoms with Gasteiger partial charge in [-0.2, -0.15) is 0 Å². The zero-order chi connectivity index (χ0) is 68.0. The first-order chi connectivity index (χ1) is 46.9. The van der Waals surface area contributed by atoms with Gasteiger partial charge < -0.3 is 85.7 Å². The summed E-state index contributed by atoms with van der Waals surface area (Å²) in [5.41, 5.74) is 6.88. The van der Waals surface area contributed by atoms with Gasteiger partial charge in [0.2, 0.25) is 5.91 Å². The number of nitrogens with zero attached hydrogens (tertiary/aromatic N) is 1. The lowest BCUT2D eigenvalue weighted by atomic mass is 9.69. The largest absolute Gasteiger partial charge is 0.494 e. The third-order valence-corrected chi connectivity index (χ3v) is 18.2. The van der Waals surface area contributed by atoms with E-state index in [0.29, 0.717) is 191 Å². The van der Waals surface area contributed by atoms with Gasteiger partial charge in [0.15, 0.2) is 0 Å². The second-order valence-electron chi connectivity index (χ2n) is 25.5. The molecule has 3 amide bonds. The number of unbranched alkanes of at least 4 members (excludes halogenated alkanes) is 1. The summed E-state index contributed by atoms with van der Waals surface area (Å²) in [5.74, 6) is 0.590. The van der Waals surface area contributed by atoms with Crippen LogP contribution in [0.2, 0.25) is 0 Å². The summed E-state index contributed by atoms with van der Waals surface area (Å²) in [6.45, 7) is 23.1. The lowest BCUT2D eigenvalue weighted by molar-refractivity contribution is -0.138. The monoisotopic (exact) mass is 1350 g/mol. The van der Waals surface area contributed by atoms with Gasteiger partial charge >= 0.3 is 7.12 Å². The molecule has 22 nitrogen and oxygen atoms in total. The van der Waals surface area contributed by atoms with Crippen LogP contribution in [0.3, 0.4) is 0 Å². The molecule has 96 heavy (non-hydrogen) atoms. The first-order valence-corrected chi connectivity index (χ1v) is 35.0. The van der Waals surface area contributed by atoms with Gasteiger partial charge in [0.05, 0.1) is 176 Å². The molecule has 1 saturated carbocycles. The van der Waals surface area contributed by atoms with Gasteiger partial charge in [-0.15, -0.1) is 0 Å². The molecule has 4 aliphatic rings. The summed E-state index contributed by atoms with van der Waals surface area (Å²) in [4.78, 5) is 38.3. The van der Waals surface area contributed by atoms with Crippen LogP contribution in [-0.4, -0.2) is 247 Å². The number of carbonyl (C=O) groups excluding carboxylic acids is 3. The minimum atomic E-state index is -0.508. The van der Waals surface area contributed by atoms with Gasteiger partial charge in [0.25, 0.3) is 11.8 Å². The smallest absolute Gasteiger partial charge is 0.494 e. The molecule has 23 heteroatoms. The Kier molecular flexibility index (Phi) is 36.3. The fraction of sp³-hybridized carbons (Fsp3) is 0.685. The maximum Gasteiger partial charge on any atom is 0.494 e. The van der Waals surface area contributed by atoms with Crippen LogP contribution in [0.5, 0.6) is 5.75 Å². The average Bonchev–Trinajstić information content (AvgIpc) is 1.56. The fourth-order valence-electron chi connectivity index (χ4n) is 12.1. The molecule has 0 bridgehead atoms. The van der Waals surface area contributed by atoms with E-state index in [-0.39, 0.29) is 35.0 Å². The van der Waals surface area contributed by atoms with Gasteiger partial charge in [-0.05, 0) is 155 Å². The minimum absolute atomic E-state index is 0.0379.